The first kappa shape index (κ1) is 15.4. The fourth-order valence-electron chi connectivity index (χ4n) is 2.13. The van der Waals surface area contributed by atoms with Crippen LogP contribution in [0.4, 0.5) is 5.69 Å². The Morgan fingerprint density at radius 2 is 2.23 bits per heavy atom. The largest absolute Gasteiger partial charge is 0.458 e. The molecule has 0 amide bonds. The zero-order valence-electron chi connectivity index (χ0n) is 12.3. The van der Waals surface area contributed by atoms with Crippen molar-refractivity contribution in [3.63, 3.8) is 0 Å². The van der Waals surface area contributed by atoms with Gasteiger partial charge >= 0.3 is 11.7 Å². The third kappa shape index (κ3) is 2.88. The Balaban J connectivity index is 2.42. The first-order chi connectivity index (χ1) is 10.5. The first-order valence-corrected chi connectivity index (χ1v) is 6.54. The molecule has 1 aromatic heterocycles. The minimum atomic E-state index is -0.488. The van der Waals surface area contributed by atoms with E-state index >= 15 is 0 Å². The van der Waals surface area contributed by atoms with Gasteiger partial charge in [0.05, 0.1) is 16.2 Å². The van der Waals surface area contributed by atoms with Gasteiger partial charge in [-0.1, -0.05) is 18.7 Å². The van der Waals surface area contributed by atoms with Crippen LogP contribution in [0.2, 0.25) is 0 Å². The van der Waals surface area contributed by atoms with Crippen LogP contribution >= 0.6 is 0 Å². The van der Waals surface area contributed by atoms with Crippen LogP contribution in [0.15, 0.2) is 36.9 Å². The van der Waals surface area contributed by atoms with Crippen LogP contribution in [0, 0.1) is 24.0 Å². The van der Waals surface area contributed by atoms with E-state index < -0.39 is 10.9 Å². The van der Waals surface area contributed by atoms with Gasteiger partial charge in [-0.05, 0) is 32.0 Å². The van der Waals surface area contributed by atoms with E-state index in [1.165, 1.54) is 10.8 Å². The number of nitro groups is 1. The molecular formula is C15H15N3O4. The summed E-state index contributed by atoms with van der Waals surface area (Å²) in [5.41, 5.74) is 1.59. The lowest BCUT2D eigenvalue weighted by molar-refractivity contribution is -0.386. The summed E-state index contributed by atoms with van der Waals surface area (Å²) >= 11 is 0. The van der Waals surface area contributed by atoms with Crippen LogP contribution in [0.1, 0.15) is 21.7 Å². The van der Waals surface area contributed by atoms with E-state index in [0.717, 1.165) is 0 Å². The highest BCUT2D eigenvalue weighted by molar-refractivity contribution is 5.90. The molecule has 7 nitrogen and oxygen atoms in total. The fraction of sp³-hybridized carbons (Fsp3) is 0.200. The Labute approximate surface area is 127 Å². The van der Waals surface area contributed by atoms with Crippen LogP contribution in [-0.4, -0.2) is 27.3 Å². The van der Waals surface area contributed by atoms with Crippen molar-refractivity contribution in [1.29, 1.82) is 0 Å². The summed E-state index contributed by atoms with van der Waals surface area (Å²) in [5, 5.41) is 15.2. The van der Waals surface area contributed by atoms with Gasteiger partial charge in [0, 0.05) is 0 Å². The van der Waals surface area contributed by atoms with Crippen molar-refractivity contribution < 1.29 is 14.5 Å². The normalized spacial score (nSPS) is 10.3. The van der Waals surface area contributed by atoms with E-state index in [4.69, 9.17) is 4.74 Å². The van der Waals surface area contributed by atoms with Gasteiger partial charge in [-0.3, -0.25) is 10.1 Å². The van der Waals surface area contributed by atoms with E-state index in [1.54, 1.807) is 38.1 Å². The average Bonchev–Trinajstić information content (AvgIpc) is 2.79. The summed E-state index contributed by atoms with van der Waals surface area (Å²) in [6, 6.07) is 6.57. The molecular weight excluding hydrogens is 286 g/mol. The maximum absolute atomic E-state index is 11.8. The smallest absolute Gasteiger partial charge is 0.338 e. The van der Waals surface area contributed by atoms with Gasteiger partial charge in [0.15, 0.2) is 0 Å². The maximum atomic E-state index is 11.8. The Morgan fingerprint density at radius 3 is 2.82 bits per heavy atom. The number of ether oxygens (including phenoxy) is 1. The monoisotopic (exact) mass is 301 g/mol. The molecule has 0 radical (unpaired) electrons. The predicted octanol–water partition coefficient (Wildman–Crippen LogP) is 2.74. The number of aryl methyl sites for hydroxylation is 1. The first-order valence-electron chi connectivity index (χ1n) is 6.54. The van der Waals surface area contributed by atoms with Crippen LogP contribution in [0.5, 0.6) is 0 Å². The van der Waals surface area contributed by atoms with Gasteiger partial charge in [0.2, 0.25) is 0 Å². The van der Waals surface area contributed by atoms with Gasteiger partial charge in [0.25, 0.3) is 0 Å². The number of esters is 1. The van der Waals surface area contributed by atoms with E-state index in [1.807, 2.05) is 0 Å². The molecule has 2 aromatic rings. The second-order valence-electron chi connectivity index (χ2n) is 4.63. The predicted molar refractivity (Wildman–Crippen MR) is 80.2 cm³/mol. The minimum Gasteiger partial charge on any atom is -0.458 e. The van der Waals surface area contributed by atoms with E-state index in [9.17, 15) is 14.9 Å². The van der Waals surface area contributed by atoms with Gasteiger partial charge in [-0.2, -0.15) is 5.10 Å². The van der Waals surface area contributed by atoms with Gasteiger partial charge in [-0.25, -0.2) is 9.48 Å². The molecule has 0 aliphatic carbocycles. The number of aromatic nitrogens is 2. The SMILES string of the molecule is C=CCOC(=O)c1cccc(-n2nc(C)c([N+](=O)[O-])c2C)c1. The highest BCUT2D eigenvalue weighted by Gasteiger charge is 2.22. The molecule has 0 aliphatic heterocycles. The molecule has 0 unspecified atom stereocenters. The second-order valence-corrected chi connectivity index (χ2v) is 4.63. The molecule has 2 rings (SSSR count). The molecule has 1 heterocycles. The number of carbonyl (C=O) groups is 1. The van der Waals surface area contributed by atoms with E-state index in [2.05, 4.69) is 11.7 Å². The lowest BCUT2D eigenvalue weighted by Gasteiger charge is -2.06. The van der Waals surface area contributed by atoms with Crippen LogP contribution in [-0.2, 0) is 4.74 Å². The Bertz CT molecular complexity index is 749. The van der Waals surface area contributed by atoms with Crippen molar-refractivity contribution in [2.75, 3.05) is 6.61 Å². The number of carbonyl (C=O) groups excluding carboxylic acids is 1. The Hall–Kier alpha value is -2.96. The molecule has 0 fully saturated rings. The fourth-order valence-corrected chi connectivity index (χ4v) is 2.13. The Morgan fingerprint density at radius 1 is 1.50 bits per heavy atom. The van der Waals surface area contributed by atoms with Crippen LogP contribution < -0.4 is 0 Å². The molecule has 0 saturated carbocycles. The van der Waals surface area contributed by atoms with Crippen molar-refractivity contribution in [3.8, 4) is 5.69 Å². The molecule has 0 N–H and O–H groups in total. The van der Waals surface area contributed by atoms with Crippen molar-refractivity contribution >= 4 is 11.7 Å². The quantitative estimate of drug-likeness (QED) is 0.367. The highest BCUT2D eigenvalue weighted by atomic mass is 16.6. The minimum absolute atomic E-state index is 0.0281. The standard InChI is InChI=1S/C15H15N3O4/c1-4-8-22-15(19)12-6-5-7-13(9-12)17-11(3)14(18(20)21)10(2)16-17/h4-7,9H,1,8H2,2-3H3. The van der Waals surface area contributed by atoms with E-state index in [-0.39, 0.29) is 12.3 Å². The third-order valence-corrected chi connectivity index (χ3v) is 3.09. The second kappa shape index (κ2) is 6.21. The van der Waals surface area contributed by atoms with Crippen LogP contribution in [0.25, 0.3) is 5.69 Å². The van der Waals surface area contributed by atoms with Crippen LogP contribution in [0.3, 0.4) is 0 Å². The van der Waals surface area contributed by atoms with Gasteiger partial charge in [-0.15, -0.1) is 0 Å². The number of hydrogen-bond donors (Lipinski definition) is 0. The molecule has 0 saturated heterocycles. The molecule has 114 valence electrons. The third-order valence-electron chi connectivity index (χ3n) is 3.09. The lowest BCUT2D eigenvalue weighted by atomic mass is 10.2. The molecule has 0 atom stereocenters. The summed E-state index contributed by atoms with van der Waals surface area (Å²) < 4.78 is 6.41. The molecule has 0 spiro atoms. The van der Waals surface area contributed by atoms with Crippen molar-refractivity contribution in [3.05, 3.63) is 64.0 Å². The number of hydrogen-bond acceptors (Lipinski definition) is 5. The van der Waals surface area contributed by atoms with Crippen molar-refractivity contribution in [1.82, 2.24) is 9.78 Å². The number of benzene rings is 1. The summed E-state index contributed by atoms with van der Waals surface area (Å²) in [7, 11) is 0. The molecule has 7 heteroatoms. The highest BCUT2D eigenvalue weighted by Crippen LogP contribution is 2.25. The van der Waals surface area contributed by atoms with E-state index in [0.29, 0.717) is 22.6 Å². The Kier molecular flexibility index (Phi) is 4.36. The molecule has 0 bridgehead atoms. The van der Waals surface area contributed by atoms with Crippen molar-refractivity contribution in [2.45, 2.75) is 13.8 Å². The summed E-state index contributed by atoms with van der Waals surface area (Å²) in [4.78, 5) is 22.4. The number of rotatable bonds is 5. The van der Waals surface area contributed by atoms with Gasteiger partial charge < -0.3 is 4.74 Å². The molecule has 0 aliphatic rings. The lowest BCUT2D eigenvalue weighted by Crippen LogP contribution is -2.07. The summed E-state index contributed by atoms with van der Waals surface area (Å²) in [6.45, 7) is 6.78. The summed E-state index contributed by atoms with van der Waals surface area (Å²) in [5.74, 6) is -0.488. The number of nitrogens with zero attached hydrogens (tertiary/aromatic N) is 3. The van der Waals surface area contributed by atoms with Crippen molar-refractivity contribution in [2.24, 2.45) is 0 Å². The molecule has 22 heavy (non-hydrogen) atoms. The average molecular weight is 301 g/mol. The topological polar surface area (TPSA) is 87.3 Å². The molecule has 1 aromatic carbocycles. The maximum Gasteiger partial charge on any atom is 0.338 e. The zero-order chi connectivity index (χ0) is 16.3. The summed E-state index contributed by atoms with van der Waals surface area (Å²) in [6.07, 6.45) is 1.48. The zero-order valence-corrected chi connectivity index (χ0v) is 12.3. The van der Waals surface area contributed by atoms with Gasteiger partial charge in [0.1, 0.15) is 18.0 Å².